The third-order valence-corrected chi connectivity index (χ3v) is 4.30. The van der Waals surface area contributed by atoms with Crippen LogP contribution in [0.5, 0.6) is 0 Å². The van der Waals surface area contributed by atoms with E-state index in [0.717, 1.165) is 36.3 Å². The number of carbonyl (C=O) groups is 1. The smallest absolute Gasteiger partial charge is 0.348 e. The maximum absolute atomic E-state index is 13.0. The van der Waals surface area contributed by atoms with Crippen LogP contribution in [-0.4, -0.2) is 33.8 Å². The Morgan fingerprint density at radius 1 is 1.29 bits per heavy atom. The van der Waals surface area contributed by atoms with Gasteiger partial charge in [0.1, 0.15) is 18.1 Å². The number of anilines is 1. The number of aryl methyl sites for hydroxylation is 2. The van der Waals surface area contributed by atoms with Crippen LogP contribution < -0.4 is 5.01 Å². The Morgan fingerprint density at radius 3 is 2.67 bits per heavy atom. The third kappa shape index (κ3) is 3.00. The van der Waals surface area contributed by atoms with Gasteiger partial charge in [0, 0.05) is 11.7 Å². The van der Waals surface area contributed by atoms with E-state index < -0.39 is 0 Å². The lowest BCUT2D eigenvalue weighted by Gasteiger charge is -2.32. The summed E-state index contributed by atoms with van der Waals surface area (Å²) in [6.45, 7) is 7.97. The van der Waals surface area contributed by atoms with Gasteiger partial charge in [0.25, 0.3) is 0 Å². The fraction of sp³-hybridized carbons (Fsp3) is 0.625. The molecule has 24 heavy (non-hydrogen) atoms. The fourth-order valence-electron chi connectivity index (χ4n) is 3.18. The van der Waals surface area contributed by atoms with Gasteiger partial charge in [-0.3, -0.25) is 4.90 Å². The van der Waals surface area contributed by atoms with E-state index >= 15 is 0 Å². The average Bonchev–Trinajstić information content (AvgIpc) is 3.15. The summed E-state index contributed by atoms with van der Waals surface area (Å²) < 4.78 is 5.17. The molecule has 0 fully saturated rings. The van der Waals surface area contributed by atoms with Crippen LogP contribution in [0.25, 0.3) is 0 Å². The molecular weight excluding hydrogens is 308 g/mol. The topological polar surface area (TPSA) is 77.5 Å². The molecule has 0 aromatic carbocycles. The number of amides is 2. The Bertz CT molecular complexity index is 659. The van der Waals surface area contributed by atoms with Crippen LogP contribution in [0.4, 0.5) is 10.5 Å². The lowest BCUT2D eigenvalue weighted by molar-refractivity contribution is 0.158. The van der Waals surface area contributed by atoms with Crippen molar-refractivity contribution in [1.29, 1.82) is 0 Å². The Morgan fingerprint density at radius 2 is 2.08 bits per heavy atom. The number of carbonyl (C=O) groups excluding carboxylic acids is 1. The predicted molar refractivity (Wildman–Crippen MR) is 88.9 cm³/mol. The molecule has 3 rings (SSSR count). The van der Waals surface area contributed by atoms with Gasteiger partial charge in [-0.05, 0) is 63.8 Å². The molecule has 2 heterocycles. The van der Waals surface area contributed by atoms with Crippen LogP contribution >= 0.6 is 0 Å². The molecular formula is C16H24N6O2. The Balaban J connectivity index is 1.76. The van der Waals surface area contributed by atoms with Gasteiger partial charge in [0.05, 0.1) is 0 Å². The molecule has 0 N–H and O–H groups in total. The molecule has 1 aromatic heterocycles. The molecule has 0 atom stereocenters. The van der Waals surface area contributed by atoms with E-state index in [2.05, 4.69) is 21.7 Å². The monoisotopic (exact) mass is 332 g/mol. The van der Waals surface area contributed by atoms with E-state index in [1.807, 2.05) is 32.6 Å². The minimum absolute atomic E-state index is 0.0742. The zero-order valence-corrected chi connectivity index (χ0v) is 14.7. The van der Waals surface area contributed by atoms with Crippen LogP contribution in [-0.2, 0) is 0 Å². The van der Waals surface area contributed by atoms with Crippen LogP contribution in [0.1, 0.15) is 51.0 Å². The van der Waals surface area contributed by atoms with Gasteiger partial charge in [-0.15, -0.1) is 0 Å². The molecule has 0 bridgehead atoms. The number of hydrogen-bond donors (Lipinski definition) is 0. The Hall–Kier alpha value is -2.38. The number of aromatic nitrogens is 1. The van der Waals surface area contributed by atoms with E-state index in [0.29, 0.717) is 5.76 Å². The number of nitrogens with zero attached hydrogens (tertiary/aromatic N) is 6. The first kappa shape index (κ1) is 16.5. The first-order valence-corrected chi connectivity index (χ1v) is 8.40. The highest BCUT2D eigenvalue weighted by molar-refractivity contribution is 5.77. The number of allylic oxidation sites excluding steroid dienone is 2. The van der Waals surface area contributed by atoms with Gasteiger partial charge in [0.15, 0.2) is 5.76 Å². The molecule has 2 amide bonds. The summed E-state index contributed by atoms with van der Waals surface area (Å²) >= 11 is 0. The number of hydrogen-bond acceptors (Lipinski definition) is 6. The zero-order valence-electron chi connectivity index (χ0n) is 14.7. The normalized spacial score (nSPS) is 17.6. The molecule has 1 aliphatic carbocycles. The summed E-state index contributed by atoms with van der Waals surface area (Å²) in [5.74, 6) is 0.663. The van der Waals surface area contributed by atoms with E-state index in [1.165, 1.54) is 11.4 Å². The van der Waals surface area contributed by atoms with Crippen molar-refractivity contribution in [3.8, 4) is 0 Å². The number of rotatable bonds is 3. The van der Waals surface area contributed by atoms with Crippen molar-refractivity contribution in [3.05, 3.63) is 23.2 Å². The van der Waals surface area contributed by atoms with Crippen molar-refractivity contribution in [2.75, 3.05) is 11.7 Å². The quantitative estimate of drug-likeness (QED) is 0.840. The molecule has 2 aliphatic rings. The summed E-state index contributed by atoms with van der Waals surface area (Å²) in [5.41, 5.74) is 2.59. The molecule has 0 saturated carbocycles. The largest absolute Gasteiger partial charge is 0.359 e. The van der Waals surface area contributed by atoms with E-state index in [-0.39, 0.29) is 18.7 Å². The lowest BCUT2D eigenvalue weighted by Crippen LogP contribution is -2.45. The highest BCUT2D eigenvalue weighted by Crippen LogP contribution is 2.29. The second kappa shape index (κ2) is 6.62. The van der Waals surface area contributed by atoms with Gasteiger partial charge >= 0.3 is 6.03 Å². The summed E-state index contributed by atoms with van der Waals surface area (Å²) in [6.07, 6.45) is 6.43. The lowest BCUT2D eigenvalue weighted by atomic mass is 10.0. The third-order valence-electron chi connectivity index (χ3n) is 4.30. The average molecular weight is 332 g/mol. The van der Waals surface area contributed by atoms with E-state index in [4.69, 9.17) is 4.52 Å². The van der Waals surface area contributed by atoms with Crippen molar-refractivity contribution in [1.82, 2.24) is 15.1 Å². The highest BCUT2D eigenvalue weighted by atomic mass is 16.5. The predicted octanol–water partition coefficient (Wildman–Crippen LogP) is 3.94. The summed E-state index contributed by atoms with van der Waals surface area (Å²) in [6, 6.07) is -0.0682. The van der Waals surface area contributed by atoms with Crippen LogP contribution in [0.2, 0.25) is 0 Å². The Kier molecular flexibility index (Phi) is 4.55. The van der Waals surface area contributed by atoms with E-state index in [9.17, 15) is 4.79 Å². The van der Waals surface area contributed by atoms with Gasteiger partial charge in [-0.25, -0.2) is 9.80 Å². The molecule has 0 spiro atoms. The second-order valence-corrected chi connectivity index (χ2v) is 6.48. The van der Waals surface area contributed by atoms with Crippen molar-refractivity contribution < 1.29 is 9.32 Å². The maximum atomic E-state index is 13.0. The zero-order chi connectivity index (χ0) is 17.3. The summed E-state index contributed by atoms with van der Waals surface area (Å²) in [5, 5.41) is 15.1. The van der Waals surface area contributed by atoms with Crippen LogP contribution in [0.15, 0.2) is 26.7 Å². The number of urea groups is 1. The van der Waals surface area contributed by atoms with Gasteiger partial charge in [-0.2, -0.15) is 5.01 Å². The standard InChI is InChI=1S/C16H24N6O2/c1-11(2)22(14-8-6-5-7-9-14)16(23)21-10-20(18-19-21)15-12(3)17-24-13(15)4/h8,11H,5-7,9-10H2,1-4H3. The van der Waals surface area contributed by atoms with Crippen molar-refractivity contribution in [2.45, 2.75) is 59.4 Å². The van der Waals surface area contributed by atoms with Crippen LogP contribution in [0, 0.1) is 13.8 Å². The molecule has 0 radical (unpaired) electrons. The molecule has 1 aromatic rings. The van der Waals surface area contributed by atoms with Gasteiger partial charge < -0.3 is 4.52 Å². The van der Waals surface area contributed by atoms with Gasteiger partial charge in [-0.1, -0.05) is 11.2 Å². The highest BCUT2D eigenvalue weighted by Gasteiger charge is 2.32. The summed E-state index contributed by atoms with van der Waals surface area (Å²) in [4.78, 5) is 14.8. The van der Waals surface area contributed by atoms with Crippen LogP contribution in [0.3, 0.4) is 0 Å². The SMILES string of the molecule is Cc1noc(C)c1N1CN(C(=O)N(C2=CCCCC2)C(C)C)N=N1. The van der Waals surface area contributed by atoms with E-state index in [1.54, 1.807) is 5.01 Å². The molecule has 1 aliphatic heterocycles. The molecule has 130 valence electrons. The van der Waals surface area contributed by atoms with Crippen molar-refractivity contribution in [3.63, 3.8) is 0 Å². The van der Waals surface area contributed by atoms with Gasteiger partial charge in [0.2, 0.25) is 0 Å². The van der Waals surface area contributed by atoms with Crippen molar-refractivity contribution >= 4 is 11.7 Å². The minimum atomic E-state index is -0.142. The molecule has 0 unspecified atom stereocenters. The maximum Gasteiger partial charge on any atom is 0.348 e. The Labute approximate surface area is 141 Å². The first-order valence-electron chi connectivity index (χ1n) is 8.40. The molecule has 8 heteroatoms. The van der Waals surface area contributed by atoms with Crippen molar-refractivity contribution in [2.24, 2.45) is 10.4 Å². The minimum Gasteiger partial charge on any atom is -0.359 e. The first-order chi connectivity index (χ1) is 11.5. The summed E-state index contributed by atoms with van der Waals surface area (Å²) in [7, 11) is 0. The molecule has 8 nitrogen and oxygen atoms in total. The fourth-order valence-corrected chi connectivity index (χ4v) is 3.18. The molecule has 0 saturated heterocycles. The second-order valence-electron chi connectivity index (χ2n) is 6.48.